The number of rotatable bonds is 2. The fourth-order valence-electron chi connectivity index (χ4n) is 1.24. The van der Waals surface area contributed by atoms with Crippen molar-refractivity contribution in [2.45, 2.75) is 26.2 Å². The van der Waals surface area contributed by atoms with E-state index in [9.17, 15) is 0 Å². The standard InChI is InChI=1S/C10H15O/c1-3-4-9-5-7-10(11-2)8-6-9/h4-5,7H,3,6,8H2,1-2H3/q-1. The summed E-state index contributed by atoms with van der Waals surface area (Å²) < 4.78 is 5.12. The first-order valence-electron chi connectivity index (χ1n) is 4.13. The van der Waals surface area contributed by atoms with E-state index in [1.54, 1.807) is 7.11 Å². The van der Waals surface area contributed by atoms with Crippen molar-refractivity contribution in [1.29, 1.82) is 0 Å². The van der Waals surface area contributed by atoms with E-state index >= 15 is 0 Å². The summed E-state index contributed by atoms with van der Waals surface area (Å²) in [6, 6.07) is 0. The van der Waals surface area contributed by atoms with Crippen molar-refractivity contribution in [2.24, 2.45) is 0 Å². The number of hydrogen-bond donors (Lipinski definition) is 0. The van der Waals surface area contributed by atoms with Gasteiger partial charge in [-0.15, -0.1) is 6.08 Å². The van der Waals surface area contributed by atoms with Gasteiger partial charge < -0.3 is 4.74 Å². The second-order valence-corrected chi connectivity index (χ2v) is 2.69. The van der Waals surface area contributed by atoms with Gasteiger partial charge in [0, 0.05) is 0 Å². The molecule has 0 radical (unpaired) electrons. The van der Waals surface area contributed by atoms with Crippen LogP contribution in [0.25, 0.3) is 0 Å². The minimum atomic E-state index is 1.05. The van der Waals surface area contributed by atoms with Gasteiger partial charge in [0.25, 0.3) is 0 Å². The molecule has 1 aliphatic carbocycles. The maximum atomic E-state index is 5.12. The summed E-state index contributed by atoms with van der Waals surface area (Å²) in [5.41, 5.74) is 1.44. The molecule has 1 nitrogen and oxygen atoms in total. The summed E-state index contributed by atoms with van der Waals surface area (Å²) in [5.74, 6) is 1.10. The Morgan fingerprint density at radius 1 is 1.64 bits per heavy atom. The van der Waals surface area contributed by atoms with Gasteiger partial charge in [0.15, 0.2) is 0 Å². The number of methoxy groups -OCH3 is 1. The zero-order chi connectivity index (χ0) is 8.10. The lowest BCUT2D eigenvalue weighted by Crippen LogP contribution is -1.97. The highest BCUT2D eigenvalue weighted by Crippen LogP contribution is 2.22. The van der Waals surface area contributed by atoms with Crippen molar-refractivity contribution in [2.75, 3.05) is 7.11 Å². The van der Waals surface area contributed by atoms with Crippen LogP contribution in [0.1, 0.15) is 26.2 Å². The molecule has 0 aromatic rings. The minimum Gasteiger partial charge on any atom is -0.557 e. The fraction of sp³-hybridized carbons (Fsp3) is 0.500. The molecule has 0 N–H and O–H groups in total. The predicted molar refractivity (Wildman–Crippen MR) is 47.0 cm³/mol. The maximum Gasteiger partial charge on any atom is 0.0602 e. The second kappa shape index (κ2) is 4.12. The van der Waals surface area contributed by atoms with Crippen LogP contribution >= 0.6 is 0 Å². The average molecular weight is 151 g/mol. The fourth-order valence-corrected chi connectivity index (χ4v) is 1.24. The van der Waals surface area contributed by atoms with E-state index < -0.39 is 0 Å². The summed E-state index contributed by atoms with van der Waals surface area (Å²) in [4.78, 5) is 0. The molecule has 0 aromatic heterocycles. The number of ether oxygens (including phenoxy) is 1. The molecule has 0 atom stereocenters. The molecular formula is C10H15O-. The number of hydrogen-bond acceptors (Lipinski definition) is 1. The molecule has 0 saturated carbocycles. The Morgan fingerprint density at radius 2 is 2.45 bits per heavy atom. The summed E-state index contributed by atoms with van der Waals surface area (Å²) >= 11 is 0. The van der Waals surface area contributed by atoms with E-state index in [0.29, 0.717) is 0 Å². The maximum absolute atomic E-state index is 5.12. The third-order valence-electron chi connectivity index (χ3n) is 1.87. The highest BCUT2D eigenvalue weighted by atomic mass is 16.5. The third kappa shape index (κ3) is 2.34. The van der Waals surface area contributed by atoms with Gasteiger partial charge in [-0.2, -0.15) is 18.1 Å². The molecular weight excluding hydrogens is 136 g/mol. The summed E-state index contributed by atoms with van der Waals surface area (Å²) in [5, 5.41) is 0. The second-order valence-electron chi connectivity index (χ2n) is 2.69. The Morgan fingerprint density at radius 3 is 2.91 bits per heavy atom. The highest BCUT2D eigenvalue weighted by Gasteiger charge is 1.98. The monoisotopic (exact) mass is 151 g/mol. The molecule has 0 aliphatic heterocycles. The first kappa shape index (κ1) is 8.25. The lowest BCUT2D eigenvalue weighted by molar-refractivity contribution is 0.274. The molecule has 11 heavy (non-hydrogen) atoms. The van der Waals surface area contributed by atoms with Gasteiger partial charge in [-0.3, -0.25) is 0 Å². The average Bonchev–Trinajstić information content (AvgIpc) is 2.07. The molecule has 62 valence electrons. The molecule has 1 heteroatoms. The molecule has 1 rings (SSSR count). The van der Waals surface area contributed by atoms with Gasteiger partial charge in [0.05, 0.1) is 7.11 Å². The molecule has 0 amide bonds. The van der Waals surface area contributed by atoms with Gasteiger partial charge in [-0.1, -0.05) is 19.8 Å². The van der Waals surface area contributed by atoms with Crippen LogP contribution in [-0.2, 0) is 4.74 Å². The quantitative estimate of drug-likeness (QED) is 0.551. The molecule has 0 unspecified atom stereocenters. The van der Waals surface area contributed by atoms with Crippen LogP contribution in [0.3, 0.4) is 0 Å². The smallest absolute Gasteiger partial charge is 0.0602 e. The predicted octanol–water partition coefficient (Wildman–Crippen LogP) is 2.85. The largest absolute Gasteiger partial charge is 0.557 e. The SMILES string of the molecule is CCC=C1[CH-]C=C(OC)CC1. The topological polar surface area (TPSA) is 9.23 Å². The molecule has 0 saturated heterocycles. The van der Waals surface area contributed by atoms with Crippen LogP contribution in [0, 0.1) is 6.42 Å². The van der Waals surface area contributed by atoms with Crippen molar-refractivity contribution in [3.63, 3.8) is 0 Å². The summed E-state index contributed by atoms with van der Waals surface area (Å²) in [6.07, 6.45) is 9.79. The molecule has 0 bridgehead atoms. The van der Waals surface area contributed by atoms with Gasteiger partial charge in [-0.05, 0) is 12.2 Å². The normalized spacial score (nSPS) is 20.9. The zero-order valence-electron chi connectivity index (χ0n) is 7.26. The lowest BCUT2D eigenvalue weighted by Gasteiger charge is -2.21. The van der Waals surface area contributed by atoms with Crippen molar-refractivity contribution >= 4 is 0 Å². The first-order valence-corrected chi connectivity index (χ1v) is 4.13. The van der Waals surface area contributed by atoms with Crippen LogP contribution in [0.4, 0.5) is 0 Å². The Kier molecular flexibility index (Phi) is 3.09. The molecule has 0 spiro atoms. The molecule has 0 fully saturated rings. The van der Waals surface area contributed by atoms with Gasteiger partial charge >= 0.3 is 0 Å². The van der Waals surface area contributed by atoms with E-state index in [4.69, 9.17) is 4.74 Å². The van der Waals surface area contributed by atoms with Crippen LogP contribution in [-0.4, -0.2) is 7.11 Å². The van der Waals surface area contributed by atoms with Gasteiger partial charge in [0.2, 0.25) is 0 Å². The summed E-state index contributed by atoms with van der Waals surface area (Å²) in [7, 11) is 1.73. The zero-order valence-corrected chi connectivity index (χ0v) is 7.26. The molecule has 0 heterocycles. The van der Waals surface area contributed by atoms with Crippen LogP contribution in [0.5, 0.6) is 0 Å². The van der Waals surface area contributed by atoms with E-state index in [2.05, 4.69) is 25.5 Å². The Hall–Kier alpha value is -0.850. The highest BCUT2D eigenvalue weighted by molar-refractivity contribution is 5.27. The van der Waals surface area contributed by atoms with Crippen LogP contribution < -0.4 is 0 Å². The van der Waals surface area contributed by atoms with E-state index in [0.717, 1.165) is 25.0 Å². The van der Waals surface area contributed by atoms with Crippen LogP contribution in [0.15, 0.2) is 23.5 Å². The summed E-state index contributed by atoms with van der Waals surface area (Å²) in [6.45, 7) is 2.16. The molecule has 1 aliphatic rings. The van der Waals surface area contributed by atoms with E-state index in [-0.39, 0.29) is 0 Å². The van der Waals surface area contributed by atoms with Crippen molar-refractivity contribution in [1.82, 2.24) is 0 Å². The van der Waals surface area contributed by atoms with Crippen molar-refractivity contribution < 1.29 is 4.74 Å². The Bertz CT molecular complexity index is 177. The number of allylic oxidation sites excluding steroid dienone is 4. The van der Waals surface area contributed by atoms with Gasteiger partial charge in [-0.25, -0.2) is 0 Å². The Balaban J connectivity index is 2.47. The van der Waals surface area contributed by atoms with Crippen molar-refractivity contribution in [3.05, 3.63) is 29.9 Å². The Labute approximate surface area is 68.8 Å². The first-order chi connectivity index (χ1) is 5.36. The van der Waals surface area contributed by atoms with E-state index in [1.165, 1.54) is 5.57 Å². The van der Waals surface area contributed by atoms with E-state index in [1.807, 2.05) is 0 Å². The third-order valence-corrected chi connectivity index (χ3v) is 1.87. The van der Waals surface area contributed by atoms with Gasteiger partial charge in [0.1, 0.15) is 0 Å². The van der Waals surface area contributed by atoms with Crippen LogP contribution in [0.2, 0.25) is 0 Å². The lowest BCUT2D eigenvalue weighted by atomic mass is 9.99. The van der Waals surface area contributed by atoms with Crippen molar-refractivity contribution in [3.8, 4) is 0 Å². The molecule has 0 aromatic carbocycles. The minimum absolute atomic E-state index is 1.05.